The molecule has 1 atom stereocenters. The first kappa shape index (κ1) is 19.3. The van der Waals surface area contributed by atoms with Crippen molar-refractivity contribution >= 4 is 23.2 Å². The highest BCUT2D eigenvalue weighted by Crippen LogP contribution is 2.22. The number of nitro benzene ring substituents is 1. The first-order valence-corrected chi connectivity index (χ1v) is 9.47. The van der Waals surface area contributed by atoms with Gasteiger partial charge in [-0.2, -0.15) is 0 Å². The van der Waals surface area contributed by atoms with Crippen LogP contribution in [0.3, 0.4) is 0 Å². The van der Waals surface area contributed by atoms with Crippen molar-refractivity contribution in [2.24, 2.45) is 0 Å². The maximum Gasteiger partial charge on any atom is 0.272 e. The lowest BCUT2D eigenvalue weighted by atomic mass is 10.0. The number of quaternary nitrogens is 1. The molecule has 1 amide bonds. The quantitative estimate of drug-likeness (QED) is 0.590. The van der Waals surface area contributed by atoms with Crippen molar-refractivity contribution in [3.05, 3.63) is 74.3 Å². The summed E-state index contributed by atoms with van der Waals surface area (Å²) in [5.41, 5.74) is 1.95. The fourth-order valence-electron chi connectivity index (χ4n) is 3.71. The van der Waals surface area contributed by atoms with Crippen molar-refractivity contribution in [1.82, 2.24) is 5.32 Å². The lowest BCUT2D eigenvalue weighted by Crippen LogP contribution is -3.11. The molecule has 2 aromatic carbocycles. The molecular formula is C20H23ClN3O3+. The van der Waals surface area contributed by atoms with E-state index in [-0.39, 0.29) is 17.6 Å². The Bertz CT molecular complexity index is 850. The Labute approximate surface area is 163 Å². The number of carbonyl (C=O) groups is 1. The normalized spacial score (nSPS) is 15.5. The Balaban J connectivity index is 1.75. The number of carbonyl (C=O) groups excluding carboxylic acids is 1. The van der Waals surface area contributed by atoms with Gasteiger partial charge in [0, 0.05) is 40.6 Å². The highest BCUT2D eigenvalue weighted by Gasteiger charge is 2.29. The summed E-state index contributed by atoms with van der Waals surface area (Å²) in [6.07, 6.45) is 2.34. The van der Waals surface area contributed by atoms with Gasteiger partial charge in [0.25, 0.3) is 11.6 Å². The lowest BCUT2D eigenvalue weighted by molar-refractivity contribution is -0.918. The first-order valence-electron chi connectivity index (χ1n) is 9.09. The number of nitrogens with zero attached hydrogens (tertiary/aromatic N) is 1. The number of rotatable bonds is 6. The molecule has 0 aromatic heterocycles. The average molecular weight is 389 g/mol. The highest BCUT2D eigenvalue weighted by molar-refractivity contribution is 6.31. The summed E-state index contributed by atoms with van der Waals surface area (Å²) in [6.45, 7) is 4.22. The number of hydrogen-bond acceptors (Lipinski definition) is 3. The zero-order valence-electron chi connectivity index (χ0n) is 15.2. The van der Waals surface area contributed by atoms with Gasteiger partial charge in [0.05, 0.1) is 24.6 Å². The van der Waals surface area contributed by atoms with E-state index >= 15 is 0 Å². The van der Waals surface area contributed by atoms with Crippen molar-refractivity contribution in [2.75, 3.05) is 19.6 Å². The maximum atomic E-state index is 12.6. The van der Waals surface area contributed by atoms with Gasteiger partial charge in [0.2, 0.25) is 0 Å². The maximum absolute atomic E-state index is 12.6. The number of likely N-dealkylation sites (tertiary alicyclic amines) is 1. The van der Waals surface area contributed by atoms with Gasteiger partial charge < -0.3 is 10.2 Å². The van der Waals surface area contributed by atoms with Crippen LogP contribution >= 0.6 is 11.6 Å². The van der Waals surface area contributed by atoms with Crippen molar-refractivity contribution in [3.63, 3.8) is 0 Å². The highest BCUT2D eigenvalue weighted by atomic mass is 35.5. The molecule has 1 heterocycles. The van der Waals surface area contributed by atoms with E-state index in [2.05, 4.69) is 5.32 Å². The summed E-state index contributed by atoms with van der Waals surface area (Å²) in [7, 11) is 0. The van der Waals surface area contributed by atoms with E-state index in [1.165, 1.54) is 29.9 Å². The molecule has 0 aliphatic carbocycles. The van der Waals surface area contributed by atoms with Crippen LogP contribution in [0.5, 0.6) is 0 Å². The molecule has 1 saturated heterocycles. The monoisotopic (exact) mass is 388 g/mol. The first-order chi connectivity index (χ1) is 13.0. The fraction of sp³-hybridized carbons (Fsp3) is 0.350. The van der Waals surface area contributed by atoms with Gasteiger partial charge in [-0.05, 0) is 25.1 Å². The Morgan fingerprint density at radius 2 is 1.96 bits per heavy atom. The summed E-state index contributed by atoms with van der Waals surface area (Å²) in [4.78, 5) is 24.5. The Hall–Kier alpha value is -2.44. The molecule has 2 N–H and O–H groups in total. The Morgan fingerprint density at radius 3 is 2.59 bits per heavy atom. The molecule has 1 aliphatic rings. The van der Waals surface area contributed by atoms with Gasteiger partial charge in [-0.25, -0.2) is 0 Å². The largest absolute Gasteiger partial charge is 0.346 e. The van der Waals surface area contributed by atoms with E-state index in [0.717, 1.165) is 18.7 Å². The molecule has 0 unspecified atom stereocenters. The number of halogens is 1. The van der Waals surface area contributed by atoms with Gasteiger partial charge in [-0.15, -0.1) is 0 Å². The standard InChI is InChI=1S/C20H22ClN3O3/c1-14-12-15(8-9-18(14)24(26)27)20(25)22-13-19(23-10-4-5-11-23)16-6-2-3-7-17(16)21/h2-3,6-9,12,19H,4-5,10-11,13H2,1H3,(H,22,25)/p+1/t19-/m1/s1. The van der Waals surface area contributed by atoms with E-state index in [4.69, 9.17) is 11.6 Å². The molecule has 3 rings (SSSR count). The van der Waals surface area contributed by atoms with E-state index < -0.39 is 4.92 Å². The minimum atomic E-state index is -0.443. The molecule has 0 bridgehead atoms. The van der Waals surface area contributed by atoms with Gasteiger partial charge in [0.1, 0.15) is 6.04 Å². The van der Waals surface area contributed by atoms with Crippen molar-refractivity contribution < 1.29 is 14.6 Å². The van der Waals surface area contributed by atoms with E-state index in [9.17, 15) is 14.9 Å². The molecule has 142 valence electrons. The van der Waals surface area contributed by atoms with Crippen LogP contribution in [0.4, 0.5) is 5.69 Å². The number of benzene rings is 2. The smallest absolute Gasteiger partial charge is 0.272 e. The summed E-state index contributed by atoms with van der Waals surface area (Å²) in [6, 6.07) is 12.3. The number of amides is 1. The average Bonchev–Trinajstić information content (AvgIpc) is 3.17. The second-order valence-corrected chi connectivity index (χ2v) is 7.32. The van der Waals surface area contributed by atoms with Gasteiger partial charge in [-0.3, -0.25) is 14.9 Å². The van der Waals surface area contributed by atoms with Crippen LogP contribution in [0, 0.1) is 17.0 Å². The topological polar surface area (TPSA) is 76.7 Å². The van der Waals surface area contributed by atoms with Crippen LogP contribution in [-0.2, 0) is 0 Å². The predicted molar refractivity (Wildman–Crippen MR) is 104 cm³/mol. The molecule has 7 heteroatoms. The lowest BCUT2D eigenvalue weighted by Gasteiger charge is -2.26. The van der Waals surface area contributed by atoms with Crippen LogP contribution in [0.15, 0.2) is 42.5 Å². The van der Waals surface area contributed by atoms with Crippen LogP contribution in [0.1, 0.15) is 40.4 Å². The van der Waals surface area contributed by atoms with Gasteiger partial charge in [-0.1, -0.05) is 29.8 Å². The summed E-state index contributed by atoms with van der Waals surface area (Å²) >= 11 is 6.41. The van der Waals surface area contributed by atoms with Crippen molar-refractivity contribution in [2.45, 2.75) is 25.8 Å². The summed E-state index contributed by atoms with van der Waals surface area (Å²) < 4.78 is 0. The minimum Gasteiger partial charge on any atom is -0.346 e. The molecular weight excluding hydrogens is 366 g/mol. The number of aryl methyl sites for hydroxylation is 1. The van der Waals surface area contributed by atoms with Crippen LogP contribution in [-0.4, -0.2) is 30.5 Å². The second-order valence-electron chi connectivity index (χ2n) is 6.91. The molecule has 27 heavy (non-hydrogen) atoms. The number of nitrogens with one attached hydrogen (secondary N) is 2. The van der Waals surface area contributed by atoms with Crippen molar-refractivity contribution in [3.8, 4) is 0 Å². The summed E-state index contributed by atoms with van der Waals surface area (Å²) in [5.74, 6) is -0.233. The Morgan fingerprint density at radius 1 is 1.26 bits per heavy atom. The third kappa shape index (κ3) is 4.46. The zero-order chi connectivity index (χ0) is 19.4. The van der Waals surface area contributed by atoms with E-state index in [1.54, 1.807) is 13.0 Å². The molecule has 0 spiro atoms. The van der Waals surface area contributed by atoms with Gasteiger partial charge >= 0.3 is 0 Å². The van der Waals surface area contributed by atoms with Crippen LogP contribution in [0.25, 0.3) is 0 Å². The van der Waals surface area contributed by atoms with Gasteiger partial charge in [0.15, 0.2) is 0 Å². The number of nitro groups is 1. The van der Waals surface area contributed by atoms with E-state index in [1.807, 2.05) is 24.3 Å². The molecule has 2 aromatic rings. The van der Waals surface area contributed by atoms with Crippen LogP contribution < -0.4 is 10.2 Å². The van der Waals surface area contributed by atoms with E-state index in [0.29, 0.717) is 22.7 Å². The predicted octanol–water partition coefficient (Wildman–Crippen LogP) is 2.71. The zero-order valence-corrected chi connectivity index (χ0v) is 16.0. The fourth-order valence-corrected chi connectivity index (χ4v) is 3.98. The molecule has 0 radical (unpaired) electrons. The molecule has 0 saturated carbocycles. The second kappa shape index (κ2) is 8.50. The third-order valence-corrected chi connectivity index (χ3v) is 5.49. The minimum absolute atomic E-state index is 0.0157. The third-order valence-electron chi connectivity index (χ3n) is 5.14. The molecule has 1 aliphatic heterocycles. The van der Waals surface area contributed by atoms with Crippen molar-refractivity contribution in [1.29, 1.82) is 0 Å². The number of hydrogen-bond donors (Lipinski definition) is 2. The molecule has 1 fully saturated rings. The SMILES string of the molecule is Cc1cc(C(=O)NC[C@H](c2ccccc2Cl)[NH+]2CCCC2)ccc1[N+](=O)[O-]. The summed E-state index contributed by atoms with van der Waals surface area (Å²) in [5, 5.41) is 14.6. The van der Waals surface area contributed by atoms with Crippen LogP contribution in [0.2, 0.25) is 5.02 Å². The Kier molecular flexibility index (Phi) is 6.08. The molecule has 6 nitrogen and oxygen atoms in total.